The third-order valence-corrected chi connectivity index (χ3v) is 10.1. The van der Waals surface area contributed by atoms with E-state index in [4.69, 9.17) is 0 Å². The van der Waals surface area contributed by atoms with Crippen molar-refractivity contribution < 1.29 is 5.11 Å². The standard InChI is InChI=1S/C36H44NOP/c1-8-36(9-2,32-24-27(4)23-31(34(32)38)35(5,6)7)39-33-21-20-26(3)22-28(33)25-37(29-16-12-10-13-17-29)30-18-14-11-15-19-30/h10-24,38-39H,8-9,25H2,1-7H3. The van der Waals surface area contributed by atoms with Crippen LogP contribution in [0, 0.1) is 13.8 Å². The first-order valence-electron chi connectivity index (χ1n) is 14.2. The topological polar surface area (TPSA) is 23.5 Å². The van der Waals surface area contributed by atoms with Gasteiger partial charge >= 0.3 is 0 Å². The van der Waals surface area contributed by atoms with Gasteiger partial charge in [-0.1, -0.05) is 121 Å². The van der Waals surface area contributed by atoms with Crippen LogP contribution in [0.3, 0.4) is 0 Å². The molecule has 1 N–H and O–H groups in total. The minimum atomic E-state index is -0.134. The van der Waals surface area contributed by atoms with Gasteiger partial charge in [0.15, 0.2) is 0 Å². The van der Waals surface area contributed by atoms with Crippen LogP contribution in [-0.4, -0.2) is 5.11 Å². The molecule has 0 radical (unpaired) electrons. The fourth-order valence-corrected chi connectivity index (χ4v) is 7.21. The lowest BCUT2D eigenvalue weighted by Crippen LogP contribution is -2.26. The predicted molar refractivity (Wildman–Crippen MR) is 172 cm³/mol. The quantitative estimate of drug-likeness (QED) is 0.215. The second kappa shape index (κ2) is 12.0. The zero-order chi connectivity index (χ0) is 28.2. The van der Waals surface area contributed by atoms with Crippen molar-refractivity contribution in [3.05, 3.63) is 119 Å². The molecule has 204 valence electrons. The monoisotopic (exact) mass is 537 g/mol. The van der Waals surface area contributed by atoms with Crippen molar-refractivity contribution in [3.8, 4) is 5.75 Å². The van der Waals surface area contributed by atoms with Gasteiger partial charge in [0, 0.05) is 28.6 Å². The summed E-state index contributed by atoms with van der Waals surface area (Å²) in [5.41, 5.74) is 8.21. The summed E-state index contributed by atoms with van der Waals surface area (Å²) in [6.07, 6.45) is 1.94. The van der Waals surface area contributed by atoms with E-state index in [2.05, 4.69) is 144 Å². The first-order chi connectivity index (χ1) is 18.6. The molecule has 1 atom stereocenters. The smallest absolute Gasteiger partial charge is 0.123 e. The minimum Gasteiger partial charge on any atom is -0.507 e. The Morgan fingerprint density at radius 3 is 1.74 bits per heavy atom. The molecular formula is C36H44NOP. The Bertz CT molecular complexity index is 1350. The molecule has 0 heterocycles. The maximum atomic E-state index is 11.7. The Morgan fingerprint density at radius 2 is 1.23 bits per heavy atom. The van der Waals surface area contributed by atoms with Crippen LogP contribution in [0.4, 0.5) is 11.4 Å². The lowest BCUT2D eigenvalue weighted by Gasteiger charge is -2.36. The molecule has 0 bridgehead atoms. The van der Waals surface area contributed by atoms with Crippen molar-refractivity contribution in [1.82, 2.24) is 0 Å². The van der Waals surface area contributed by atoms with Gasteiger partial charge in [-0.3, -0.25) is 0 Å². The van der Waals surface area contributed by atoms with E-state index in [0.717, 1.165) is 30.5 Å². The van der Waals surface area contributed by atoms with Gasteiger partial charge in [-0.05, 0) is 72.8 Å². The van der Waals surface area contributed by atoms with Crippen LogP contribution in [0.2, 0.25) is 0 Å². The molecule has 0 saturated carbocycles. The number of anilines is 2. The van der Waals surface area contributed by atoms with E-state index in [0.29, 0.717) is 14.3 Å². The molecule has 2 nitrogen and oxygen atoms in total. The summed E-state index contributed by atoms with van der Waals surface area (Å²) in [5, 5.41) is 12.9. The summed E-state index contributed by atoms with van der Waals surface area (Å²) in [4.78, 5) is 2.41. The number of nitrogens with zero attached hydrogens (tertiary/aromatic N) is 1. The fraction of sp³-hybridized carbons (Fsp3) is 0.333. The molecular weight excluding hydrogens is 493 g/mol. The number of benzene rings is 4. The molecule has 4 rings (SSSR count). The van der Waals surface area contributed by atoms with Gasteiger partial charge in [0.2, 0.25) is 0 Å². The Morgan fingerprint density at radius 1 is 0.692 bits per heavy atom. The van der Waals surface area contributed by atoms with Crippen LogP contribution in [-0.2, 0) is 17.1 Å². The highest BCUT2D eigenvalue weighted by Gasteiger charge is 2.35. The average molecular weight is 538 g/mol. The van der Waals surface area contributed by atoms with Crippen LogP contribution < -0.4 is 10.2 Å². The number of hydrogen-bond acceptors (Lipinski definition) is 2. The minimum absolute atomic E-state index is 0.123. The fourth-order valence-electron chi connectivity index (χ4n) is 5.54. The first kappa shape index (κ1) is 28.9. The number of para-hydroxylation sites is 2. The van der Waals surface area contributed by atoms with Gasteiger partial charge in [0.1, 0.15) is 5.75 Å². The van der Waals surface area contributed by atoms with Crippen molar-refractivity contribution in [1.29, 1.82) is 0 Å². The Kier molecular flexibility index (Phi) is 8.87. The summed E-state index contributed by atoms with van der Waals surface area (Å²) >= 11 is 0. The second-order valence-corrected chi connectivity index (χ2v) is 13.5. The van der Waals surface area contributed by atoms with Gasteiger partial charge in [-0.2, -0.15) is 0 Å². The number of phenols is 1. The Labute approximate surface area is 237 Å². The zero-order valence-electron chi connectivity index (χ0n) is 24.7. The van der Waals surface area contributed by atoms with Gasteiger partial charge in [0.05, 0.1) is 0 Å². The molecule has 0 fully saturated rings. The summed E-state index contributed by atoms with van der Waals surface area (Å²) in [6, 6.07) is 32.6. The lowest BCUT2D eigenvalue weighted by molar-refractivity contribution is 0.424. The molecule has 1 unspecified atom stereocenters. The van der Waals surface area contributed by atoms with Crippen LogP contribution >= 0.6 is 8.58 Å². The number of aromatic hydroxyl groups is 1. The van der Waals surface area contributed by atoms with Crippen LogP contribution in [0.15, 0.2) is 91.0 Å². The van der Waals surface area contributed by atoms with Crippen molar-refractivity contribution in [2.75, 3.05) is 4.90 Å². The maximum absolute atomic E-state index is 11.7. The largest absolute Gasteiger partial charge is 0.507 e. The van der Waals surface area contributed by atoms with E-state index in [1.807, 2.05) is 0 Å². The number of phenolic OH excluding ortho intramolecular Hbond substituents is 1. The molecule has 0 spiro atoms. The van der Waals surface area contributed by atoms with Gasteiger partial charge in [0.25, 0.3) is 0 Å². The third-order valence-electron chi connectivity index (χ3n) is 7.88. The molecule has 0 aromatic heterocycles. The molecule has 0 saturated heterocycles. The van der Waals surface area contributed by atoms with E-state index in [9.17, 15) is 5.11 Å². The molecule has 3 heteroatoms. The number of rotatable bonds is 9. The molecule has 0 aliphatic rings. The Balaban J connectivity index is 1.82. The van der Waals surface area contributed by atoms with Crippen LogP contribution in [0.1, 0.15) is 75.3 Å². The highest BCUT2D eigenvalue weighted by Crippen LogP contribution is 2.52. The van der Waals surface area contributed by atoms with Gasteiger partial charge < -0.3 is 10.0 Å². The highest BCUT2D eigenvalue weighted by atomic mass is 31.1. The molecule has 4 aromatic carbocycles. The summed E-state index contributed by atoms with van der Waals surface area (Å²) in [6.45, 7) is 16.3. The molecule has 0 aliphatic heterocycles. The van der Waals surface area contributed by atoms with Crippen LogP contribution in [0.25, 0.3) is 0 Å². The third kappa shape index (κ3) is 6.39. The molecule has 4 aromatic rings. The zero-order valence-corrected chi connectivity index (χ0v) is 25.7. The predicted octanol–water partition coefficient (Wildman–Crippen LogP) is 9.66. The van der Waals surface area contributed by atoms with E-state index >= 15 is 0 Å². The number of hydrogen-bond donors (Lipinski definition) is 1. The van der Waals surface area contributed by atoms with Crippen molar-refractivity contribution in [2.24, 2.45) is 0 Å². The van der Waals surface area contributed by atoms with Crippen molar-refractivity contribution >= 4 is 25.3 Å². The lowest BCUT2D eigenvalue weighted by atomic mass is 9.81. The maximum Gasteiger partial charge on any atom is 0.123 e. The normalized spacial score (nSPS) is 12.3. The highest BCUT2D eigenvalue weighted by molar-refractivity contribution is 7.48. The molecule has 0 aliphatic carbocycles. The average Bonchev–Trinajstić information content (AvgIpc) is 2.93. The summed E-state index contributed by atoms with van der Waals surface area (Å²) in [7, 11) is 0.539. The second-order valence-electron chi connectivity index (χ2n) is 11.8. The SMILES string of the molecule is CCC(CC)(Pc1ccc(C)cc1CN(c1ccccc1)c1ccccc1)c1cc(C)cc(C(C)(C)C)c1O. The van der Waals surface area contributed by atoms with Gasteiger partial charge in [-0.25, -0.2) is 0 Å². The first-order valence-corrected chi connectivity index (χ1v) is 15.2. The van der Waals surface area contributed by atoms with Crippen molar-refractivity contribution in [2.45, 2.75) is 78.4 Å². The Hall–Kier alpha value is -3.09. The van der Waals surface area contributed by atoms with E-state index < -0.39 is 0 Å². The van der Waals surface area contributed by atoms with E-state index in [-0.39, 0.29) is 10.6 Å². The van der Waals surface area contributed by atoms with E-state index in [1.165, 1.54) is 33.4 Å². The van der Waals surface area contributed by atoms with Crippen LogP contribution in [0.5, 0.6) is 5.75 Å². The number of aryl methyl sites for hydroxylation is 2. The van der Waals surface area contributed by atoms with E-state index in [1.54, 1.807) is 0 Å². The molecule has 0 amide bonds. The van der Waals surface area contributed by atoms with Gasteiger partial charge in [-0.15, -0.1) is 0 Å². The summed E-state index contributed by atoms with van der Waals surface area (Å²) in [5.74, 6) is 0.480. The summed E-state index contributed by atoms with van der Waals surface area (Å²) < 4.78 is 0. The molecule has 39 heavy (non-hydrogen) atoms. The van der Waals surface area contributed by atoms with Crippen molar-refractivity contribution in [3.63, 3.8) is 0 Å².